The molecule has 1 aliphatic heterocycles. The van der Waals surface area contributed by atoms with E-state index in [9.17, 15) is 22.8 Å². The fourth-order valence-electron chi connectivity index (χ4n) is 6.14. The minimum atomic E-state index is -3.85. The fraction of sp³-hybridized carbons (Fsp3) is 0.412. The summed E-state index contributed by atoms with van der Waals surface area (Å²) in [6.45, 7) is 6.07. The molecule has 3 fully saturated rings. The topological polar surface area (TPSA) is 153 Å². The van der Waals surface area contributed by atoms with E-state index in [2.05, 4.69) is 37.5 Å². The van der Waals surface area contributed by atoms with Crippen molar-refractivity contribution in [3.05, 3.63) is 71.2 Å². The van der Waals surface area contributed by atoms with Crippen molar-refractivity contribution < 1.29 is 37.0 Å². The molecule has 1 unspecified atom stereocenters. The number of likely N-dealkylation sites (tertiary alicyclic amines) is 1. The van der Waals surface area contributed by atoms with Crippen LogP contribution in [-0.2, 0) is 30.8 Å². The number of carbonyl (C=O) groups is 3. The third-order valence-electron chi connectivity index (χ3n) is 8.96. The highest BCUT2D eigenvalue weighted by atomic mass is 79.9. The molecule has 2 heterocycles. The van der Waals surface area contributed by atoms with Gasteiger partial charge in [-0.2, -0.15) is 0 Å². The molecule has 1 saturated heterocycles. The molecule has 3 amide bonds. The van der Waals surface area contributed by atoms with Crippen LogP contribution in [0, 0.1) is 5.92 Å². The number of methoxy groups -OCH3 is 1. The van der Waals surface area contributed by atoms with E-state index >= 15 is 0 Å². The van der Waals surface area contributed by atoms with Crippen LogP contribution in [0.2, 0.25) is 0 Å². The summed E-state index contributed by atoms with van der Waals surface area (Å²) in [6, 6.07) is 13.5. The van der Waals surface area contributed by atoms with Gasteiger partial charge in [0.2, 0.25) is 27.7 Å². The normalized spacial score (nSPS) is 23.3. The summed E-state index contributed by atoms with van der Waals surface area (Å²) >= 11 is 3.57. The molecular formula is C34H37BrN4O8S. The van der Waals surface area contributed by atoms with Gasteiger partial charge in [0.05, 0.1) is 41.9 Å². The Kier molecular flexibility index (Phi) is 9.40. The predicted octanol–water partition coefficient (Wildman–Crippen LogP) is 3.66. The first kappa shape index (κ1) is 33.7. The van der Waals surface area contributed by atoms with Crippen LogP contribution in [0.3, 0.4) is 0 Å². The maximum Gasteiger partial charge on any atom is 0.259 e. The molecule has 3 aliphatic rings. The van der Waals surface area contributed by atoms with Gasteiger partial charge in [-0.05, 0) is 59.8 Å². The van der Waals surface area contributed by atoms with Gasteiger partial charge in [0.15, 0.2) is 0 Å². The Labute approximate surface area is 287 Å². The Morgan fingerprint density at radius 2 is 1.90 bits per heavy atom. The monoisotopic (exact) mass is 740 g/mol. The number of nitrogens with one attached hydrogen (secondary N) is 2. The van der Waals surface area contributed by atoms with E-state index in [-0.39, 0.29) is 31.7 Å². The van der Waals surface area contributed by atoms with Crippen LogP contribution in [0.4, 0.5) is 0 Å². The number of nitrogens with zero attached hydrogens (tertiary/aromatic N) is 2. The Morgan fingerprint density at radius 3 is 2.54 bits per heavy atom. The number of rotatable bonds is 13. The van der Waals surface area contributed by atoms with Gasteiger partial charge in [-0.25, -0.2) is 13.4 Å². The zero-order valence-corrected chi connectivity index (χ0v) is 29.0. The van der Waals surface area contributed by atoms with Crippen LogP contribution in [-0.4, -0.2) is 79.2 Å². The number of aromatic nitrogens is 1. The average Bonchev–Trinajstić information content (AvgIpc) is 3.99. The molecule has 1 aromatic heterocycles. The highest BCUT2D eigenvalue weighted by Crippen LogP contribution is 2.46. The zero-order valence-electron chi connectivity index (χ0n) is 26.6. The summed E-state index contributed by atoms with van der Waals surface area (Å²) in [6.07, 6.45) is 2.25. The van der Waals surface area contributed by atoms with E-state index in [0.29, 0.717) is 52.2 Å². The second kappa shape index (κ2) is 13.4. The summed E-state index contributed by atoms with van der Waals surface area (Å²) in [5.41, 5.74) is -0.147. The maximum absolute atomic E-state index is 14.0. The summed E-state index contributed by atoms with van der Waals surface area (Å²) in [5.74, 6) is -0.777. The first-order chi connectivity index (χ1) is 23.0. The van der Waals surface area contributed by atoms with Gasteiger partial charge >= 0.3 is 0 Å². The van der Waals surface area contributed by atoms with Crippen molar-refractivity contribution in [1.29, 1.82) is 0 Å². The molecule has 48 heavy (non-hydrogen) atoms. The number of amides is 3. The molecule has 2 N–H and O–H groups in total. The number of sulfonamides is 1. The van der Waals surface area contributed by atoms with Crippen LogP contribution in [0.25, 0.3) is 10.9 Å². The first-order valence-corrected chi connectivity index (χ1v) is 18.1. The highest BCUT2D eigenvalue weighted by Gasteiger charge is 2.62. The number of carbonyl (C=O) groups excluding carboxylic acids is 3. The first-order valence-electron chi connectivity index (χ1n) is 15.8. The van der Waals surface area contributed by atoms with Gasteiger partial charge in [0.1, 0.15) is 29.2 Å². The summed E-state index contributed by atoms with van der Waals surface area (Å²) in [7, 11) is -2.29. The molecule has 4 atom stereocenters. The van der Waals surface area contributed by atoms with Gasteiger partial charge in [0, 0.05) is 23.8 Å². The SMILES string of the molecule is C=CC1C[C@@]1(NC(=O)[C@@H]1C[C@@H](Oc2cc(OCC)nc3c(Br)c(OC)ccc23)CN1C(=O)Cc1ccccc1)C(=O)NS(=O)(=O)C1CC1. The summed E-state index contributed by atoms with van der Waals surface area (Å²) in [5, 5.41) is 2.87. The van der Waals surface area contributed by atoms with Gasteiger partial charge in [-0.15, -0.1) is 6.58 Å². The largest absolute Gasteiger partial charge is 0.495 e. The van der Waals surface area contributed by atoms with Gasteiger partial charge in [0.25, 0.3) is 5.91 Å². The van der Waals surface area contributed by atoms with Crippen LogP contribution in [0.5, 0.6) is 17.4 Å². The van der Waals surface area contributed by atoms with Crippen molar-refractivity contribution in [3.63, 3.8) is 0 Å². The lowest BCUT2D eigenvalue weighted by molar-refractivity contribution is -0.139. The Hall–Kier alpha value is -4.17. The average molecular weight is 742 g/mol. The van der Waals surface area contributed by atoms with Crippen LogP contribution < -0.4 is 24.2 Å². The third-order valence-corrected chi connectivity index (χ3v) is 11.5. The zero-order chi connectivity index (χ0) is 34.2. The van der Waals surface area contributed by atoms with Gasteiger partial charge < -0.3 is 24.4 Å². The van der Waals surface area contributed by atoms with Crippen molar-refractivity contribution in [3.8, 4) is 17.4 Å². The van der Waals surface area contributed by atoms with Crippen molar-refractivity contribution in [2.45, 2.75) is 62.0 Å². The molecule has 2 aliphatic carbocycles. The maximum atomic E-state index is 14.0. The van der Waals surface area contributed by atoms with Crippen molar-refractivity contribution >= 4 is 54.6 Å². The standard InChI is InChI=1S/C34H37BrN4O8S/c1-4-21-18-34(21,33(42)38-48(43,44)23-11-12-23)37-32(41)25-16-22(19-39(25)29(40)15-20-9-7-6-8-10-20)47-27-17-28(46-5-2)36-31-24(27)13-14-26(45-3)30(31)35/h4,6-10,13-14,17,21-23,25H,1,5,11-12,15-16,18-19H2,2-3H3,(H,37,41)(H,38,42)/t21?,22-,25+,34+/m1/s1. The lowest BCUT2D eigenvalue weighted by Crippen LogP contribution is -2.56. The summed E-state index contributed by atoms with van der Waals surface area (Å²) < 4.78 is 45.7. The van der Waals surface area contributed by atoms with E-state index in [1.165, 1.54) is 11.0 Å². The molecule has 14 heteroatoms. The number of hydrogen-bond donors (Lipinski definition) is 2. The number of fused-ring (bicyclic) bond motifs is 1. The number of pyridine rings is 1. The van der Waals surface area contributed by atoms with Crippen molar-refractivity contribution in [1.82, 2.24) is 19.9 Å². The third kappa shape index (κ3) is 6.73. The van der Waals surface area contributed by atoms with E-state index in [1.807, 2.05) is 43.3 Å². The molecule has 0 radical (unpaired) electrons. The Balaban J connectivity index is 1.28. The van der Waals surface area contributed by atoms with Crippen LogP contribution in [0.15, 0.2) is 65.7 Å². The molecular weight excluding hydrogens is 704 g/mol. The van der Waals surface area contributed by atoms with Gasteiger partial charge in [-0.3, -0.25) is 19.1 Å². The quantitative estimate of drug-likeness (QED) is 0.250. The van der Waals surface area contributed by atoms with E-state index in [0.717, 1.165) is 5.56 Å². The molecule has 3 aromatic rings. The second-order valence-corrected chi connectivity index (χ2v) is 15.0. The fourth-order valence-corrected chi connectivity index (χ4v) is 8.10. The molecule has 2 aromatic carbocycles. The minimum Gasteiger partial charge on any atom is -0.495 e. The lowest BCUT2D eigenvalue weighted by atomic mass is 10.1. The molecule has 0 bridgehead atoms. The molecule has 12 nitrogen and oxygen atoms in total. The molecule has 0 spiro atoms. The number of benzene rings is 2. The number of ether oxygens (including phenoxy) is 3. The Bertz CT molecular complexity index is 1870. The van der Waals surface area contributed by atoms with E-state index in [4.69, 9.17) is 14.2 Å². The van der Waals surface area contributed by atoms with E-state index in [1.54, 1.807) is 19.2 Å². The van der Waals surface area contributed by atoms with Gasteiger partial charge in [-0.1, -0.05) is 36.4 Å². The van der Waals surface area contributed by atoms with Crippen molar-refractivity contribution in [2.75, 3.05) is 20.3 Å². The number of halogens is 1. The molecule has 254 valence electrons. The molecule has 6 rings (SSSR count). The minimum absolute atomic E-state index is 0.0529. The second-order valence-electron chi connectivity index (χ2n) is 12.3. The summed E-state index contributed by atoms with van der Waals surface area (Å²) in [4.78, 5) is 47.2. The van der Waals surface area contributed by atoms with Crippen LogP contribution in [0.1, 0.15) is 38.2 Å². The lowest BCUT2D eigenvalue weighted by Gasteiger charge is -2.26. The van der Waals surface area contributed by atoms with Crippen LogP contribution >= 0.6 is 15.9 Å². The van der Waals surface area contributed by atoms with E-state index < -0.39 is 50.7 Å². The molecule has 2 saturated carbocycles. The smallest absolute Gasteiger partial charge is 0.259 e. The predicted molar refractivity (Wildman–Crippen MR) is 181 cm³/mol. The Morgan fingerprint density at radius 1 is 1.15 bits per heavy atom. The van der Waals surface area contributed by atoms with Crippen molar-refractivity contribution in [2.24, 2.45) is 5.92 Å². The number of hydrogen-bond acceptors (Lipinski definition) is 9. The highest BCUT2D eigenvalue weighted by molar-refractivity contribution is 9.10.